The molecule has 2 heteroatoms. The van der Waals surface area contributed by atoms with Crippen molar-refractivity contribution in [1.29, 1.82) is 0 Å². The first-order valence-electron chi connectivity index (χ1n) is 8.89. The quantitative estimate of drug-likeness (QED) is 0.317. The van der Waals surface area contributed by atoms with Crippen molar-refractivity contribution in [2.75, 3.05) is 0 Å². The minimum atomic E-state index is 0. The number of hydrogen-bond donors (Lipinski definition) is 0. The Labute approximate surface area is 191 Å². The molecule has 0 aliphatic rings. The standard InChI is InChI=1S/C26H20.2Li/c1-5-13-21(14-6-1)25(22-15-7-2-8-16-22)26(23-17-9-3-10-18-23)24-19-11-4-12-20-24;;/h1-20H;;. The van der Waals surface area contributed by atoms with Crippen LogP contribution in [0.4, 0.5) is 0 Å². The summed E-state index contributed by atoms with van der Waals surface area (Å²) in [6.07, 6.45) is 0. The van der Waals surface area contributed by atoms with E-state index in [4.69, 9.17) is 0 Å². The van der Waals surface area contributed by atoms with E-state index in [0.29, 0.717) is 0 Å². The second kappa shape index (κ2) is 11.0. The normalized spacial score (nSPS) is 9.57. The third-order valence-electron chi connectivity index (χ3n) is 4.50. The maximum absolute atomic E-state index is 2.19. The Bertz CT molecular complexity index is 825. The smallest absolute Gasteiger partial charge is 0 e. The summed E-state index contributed by atoms with van der Waals surface area (Å²) in [6, 6.07) is 42.6. The summed E-state index contributed by atoms with van der Waals surface area (Å²) in [4.78, 5) is 0. The van der Waals surface area contributed by atoms with E-state index < -0.39 is 0 Å². The summed E-state index contributed by atoms with van der Waals surface area (Å²) in [5.41, 5.74) is 7.40. The van der Waals surface area contributed by atoms with Gasteiger partial charge in [0.15, 0.2) is 0 Å². The average molecular weight is 346 g/mol. The average Bonchev–Trinajstić information content (AvgIpc) is 2.74. The maximum Gasteiger partial charge on any atom is 0 e. The molecule has 0 nitrogen and oxygen atoms in total. The molecule has 4 aromatic carbocycles. The molecular formula is C26H20Li2. The monoisotopic (exact) mass is 346 g/mol. The first-order valence-corrected chi connectivity index (χ1v) is 8.89. The minimum Gasteiger partial charge on any atom is -0.0622 e. The largest absolute Gasteiger partial charge is 0.0622 e. The van der Waals surface area contributed by atoms with Crippen LogP contribution in [0.15, 0.2) is 121 Å². The molecule has 0 saturated carbocycles. The van der Waals surface area contributed by atoms with Crippen molar-refractivity contribution in [3.63, 3.8) is 0 Å². The molecule has 4 rings (SSSR count). The zero-order valence-electron chi connectivity index (χ0n) is 16.5. The second-order valence-corrected chi connectivity index (χ2v) is 6.21. The first kappa shape index (κ1) is 22.1. The Kier molecular flexibility index (Phi) is 8.66. The molecule has 0 spiro atoms. The van der Waals surface area contributed by atoms with Crippen molar-refractivity contribution >= 4 is 48.9 Å². The molecule has 28 heavy (non-hydrogen) atoms. The van der Waals surface area contributed by atoms with E-state index in [1.807, 2.05) is 0 Å². The molecule has 0 unspecified atom stereocenters. The molecular weight excluding hydrogens is 326 g/mol. The Morgan fingerprint density at radius 2 is 0.464 bits per heavy atom. The van der Waals surface area contributed by atoms with Crippen molar-refractivity contribution in [1.82, 2.24) is 0 Å². The van der Waals surface area contributed by atoms with E-state index >= 15 is 0 Å². The van der Waals surface area contributed by atoms with Crippen LogP contribution in [-0.2, 0) is 0 Å². The van der Waals surface area contributed by atoms with E-state index in [0.717, 1.165) is 0 Å². The van der Waals surface area contributed by atoms with Gasteiger partial charge < -0.3 is 0 Å². The van der Waals surface area contributed by atoms with Gasteiger partial charge in [0.05, 0.1) is 0 Å². The van der Waals surface area contributed by atoms with Crippen LogP contribution in [-0.4, -0.2) is 37.7 Å². The van der Waals surface area contributed by atoms with Crippen molar-refractivity contribution in [3.05, 3.63) is 144 Å². The van der Waals surface area contributed by atoms with Crippen LogP contribution in [0, 0.1) is 0 Å². The van der Waals surface area contributed by atoms with Crippen molar-refractivity contribution in [3.8, 4) is 0 Å². The Balaban J connectivity index is 0.00000140. The number of benzene rings is 4. The summed E-state index contributed by atoms with van der Waals surface area (Å²) < 4.78 is 0. The number of rotatable bonds is 4. The van der Waals surface area contributed by atoms with E-state index in [-0.39, 0.29) is 37.7 Å². The summed E-state index contributed by atoms with van der Waals surface area (Å²) >= 11 is 0. The van der Waals surface area contributed by atoms with Crippen molar-refractivity contribution in [2.45, 2.75) is 0 Å². The van der Waals surface area contributed by atoms with E-state index in [1.165, 1.54) is 33.4 Å². The van der Waals surface area contributed by atoms with Crippen LogP contribution >= 0.6 is 0 Å². The molecule has 4 aromatic rings. The third kappa shape index (κ3) is 5.00. The molecule has 0 aliphatic heterocycles. The van der Waals surface area contributed by atoms with Gasteiger partial charge in [0.25, 0.3) is 0 Å². The predicted octanol–water partition coefficient (Wildman–Crippen LogP) is 5.93. The minimum absolute atomic E-state index is 0. The van der Waals surface area contributed by atoms with Crippen LogP contribution in [0.25, 0.3) is 11.1 Å². The SMILES string of the molecule is [Li].[Li].c1ccc(C(=C(c2ccccc2)c2ccccc2)c2ccccc2)cc1. The number of hydrogen-bond acceptors (Lipinski definition) is 0. The first-order chi connectivity index (χ1) is 12.9. The summed E-state index contributed by atoms with van der Waals surface area (Å²) in [5.74, 6) is 0. The van der Waals surface area contributed by atoms with Gasteiger partial charge in [-0.1, -0.05) is 121 Å². The molecule has 126 valence electrons. The molecule has 2 radical (unpaired) electrons. The molecule has 0 aliphatic carbocycles. The maximum atomic E-state index is 2.19. The van der Waals surface area contributed by atoms with Crippen LogP contribution < -0.4 is 0 Å². The van der Waals surface area contributed by atoms with Gasteiger partial charge in [-0.3, -0.25) is 0 Å². The van der Waals surface area contributed by atoms with E-state index in [1.54, 1.807) is 0 Å². The van der Waals surface area contributed by atoms with Gasteiger partial charge in [-0.15, -0.1) is 0 Å². The van der Waals surface area contributed by atoms with Gasteiger partial charge in [0.1, 0.15) is 0 Å². The Morgan fingerprint density at radius 1 is 0.286 bits per heavy atom. The fraction of sp³-hybridized carbons (Fsp3) is 0. The van der Waals surface area contributed by atoms with E-state index in [2.05, 4.69) is 121 Å². The van der Waals surface area contributed by atoms with Gasteiger partial charge in [-0.2, -0.15) is 0 Å². The fourth-order valence-electron chi connectivity index (χ4n) is 3.33. The van der Waals surface area contributed by atoms with Gasteiger partial charge in [-0.05, 0) is 33.4 Å². The van der Waals surface area contributed by atoms with Crippen LogP contribution in [0.3, 0.4) is 0 Å². The van der Waals surface area contributed by atoms with Gasteiger partial charge in [0.2, 0.25) is 0 Å². The van der Waals surface area contributed by atoms with E-state index in [9.17, 15) is 0 Å². The predicted molar refractivity (Wildman–Crippen MR) is 122 cm³/mol. The van der Waals surface area contributed by atoms with Gasteiger partial charge in [0, 0.05) is 37.7 Å². The van der Waals surface area contributed by atoms with Crippen LogP contribution in [0.5, 0.6) is 0 Å². The van der Waals surface area contributed by atoms with Gasteiger partial charge >= 0.3 is 0 Å². The van der Waals surface area contributed by atoms with Crippen LogP contribution in [0.2, 0.25) is 0 Å². The zero-order chi connectivity index (χ0) is 17.6. The molecule has 0 atom stereocenters. The second-order valence-electron chi connectivity index (χ2n) is 6.21. The van der Waals surface area contributed by atoms with Crippen molar-refractivity contribution in [2.24, 2.45) is 0 Å². The summed E-state index contributed by atoms with van der Waals surface area (Å²) in [7, 11) is 0. The molecule has 0 N–H and O–H groups in total. The van der Waals surface area contributed by atoms with Crippen LogP contribution in [0.1, 0.15) is 22.3 Å². The molecule has 0 heterocycles. The fourth-order valence-corrected chi connectivity index (χ4v) is 3.33. The summed E-state index contributed by atoms with van der Waals surface area (Å²) in [6.45, 7) is 0. The molecule has 0 amide bonds. The molecule has 0 saturated heterocycles. The molecule has 0 fully saturated rings. The Morgan fingerprint density at radius 3 is 0.643 bits per heavy atom. The zero-order valence-corrected chi connectivity index (χ0v) is 16.5. The van der Waals surface area contributed by atoms with Gasteiger partial charge in [-0.25, -0.2) is 0 Å². The molecule has 0 aromatic heterocycles. The summed E-state index contributed by atoms with van der Waals surface area (Å²) in [5, 5.41) is 0. The third-order valence-corrected chi connectivity index (χ3v) is 4.50. The molecule has 0 bridgehead atoms. The topological polar surface area (TPSA) is 0 Å². The van der Waals surface area contributed by atoms with Crippen molar-refractivity contribution < 1.29 is 0 Å². The Hall–Kier alpha value is -2.19.